The van der Waals surface area contributed by atoms with Crippen molar-refractivity contribution in [3.63, 3.8) is 0 Å². The van der Waals surface area contributed by atoms with Gasteiger partial charge in [0.25, 0.3) is 0 Å². The van der Waals surface area contributed by atoms with E-state index in [2.05, 4.69) is 4.99 Å². The number of hydrogen-bond acceptors (Lipinski definition) is 3. The first kappa shape index (κ1) is 15.0. The van der Waals surface area contributed by atoms with E-state index in [4.69, 9.17) is 4.74 Å². The summed E-state index contributed by atoms with van der Waals surface area (Å²) in [7, 11) is 1.39. The van der Waals surface area contributed by atoms with Crippen molar-refractivity contribution in [1.82, 2.24) is 0 Å². The number of ether oxygens (including phenoxy) is 1. The fourth-order valence-electron chi connectivity index (χ4n) is 2.11. The van der Waals surface area contributed by atoms with Crippen molar-refractivity contribution in [3.05, 3.63) is 71.8 Å². The van der Waals surface area contributed by atoms with Gasteiger partial charge in [-0.2, -0.15) is 0 Å². The third-order valence-electron chi connectivity index (χ3n) is 3.24. The fourth-order valence-corrected chi connectivity index (χ4v) is 2.11. The van der Waals surface area contributed by atoms with E-state index >= 15 is 0 Å². The lowest BCUT2D eigenvalue weighted by atomic mass is 10.0. The summed E-state index contributed by atoms with van der Waals surface area (Å²) in [5, 5.41) is 0. The lowest BCUT2D eigenvalue weighted by Gasteiger charge is -2.12. The Bertz CT molecular complexity index is 564. The average molecular weight is 281 g/mol. The number of carbonyl (C=O) groups excluding carboxylic acids is 1. The van der Waals surface area contributed by atoms with Gasteiger partial charge in [-0.15, -0.1) is 0 Å². The molecule has 0 fully saturated rings. The molecule has 0 aliphatic heterocycles. The Morgan fingerprint density at radius 1 is 1.00 bits per heavy atom. The maximum atomic E-state index is 11.8. The van der Waals surface area contributed by atoms with Gasteiger partial charge in [-0.1, -0.05) is 67.6 Å². The number of aliphatic imine (C=N–C) groups is 1. The number of nitrogens with zero attached hydrogens (tertiary/aromatic N) is 1. The first-order chi connectivity index (χ1) is 10.3. The zero-order valence-corrected chi connectivity index (χ0v) is 12.3. The van der Waals surface area contributed by atoms with E-state index in [-0.39, 0.29) is 5.97 Å². The number of methoxy groups -OCH3 is 1. The number of hydrogen-bond donors (Lipinski definition) is 0. The minimum Gasteiger partial charge on any atom is -0.467 e. The second-order valence-electron chi connectivity index (χ2n) is 4.66. The molecule has 0 aliphatic carbocycles. The van der Waals surface area contributed by atoms with Gasteiger partial charge in [0, 0.05) is 11.1 Å². The SMILES string of the molecule is CCC(N=C(c1ccccc1)c1ccccc1)C(=O)OC. The van der Waals surface area contributed by atoms with Gasteiger partial charge in [0.05, 0.1) is 12.8 Å². The molecule has 0 heterocycles. The predicted octanol–water partition coefficient (Wildman–Crippen LogP) is 3.48. The van der Waals surface area contributed by atoms with Gasteiger partial charge >= 0.3 is 5.97 Å². The van der Waals surface area contributed by atoms with E-state index in [9.17, 15) is 4.79 Å². The Morgan fingerprint density at radius 2 is 1.48 bits per heavy atom. The molecule has 0 amide bonds. The molecule has 108 valence electrons. The van der Waals surface area contributed by atoms with E-state index in [1.807, 2.05) is 67.6 Å². The van der Waals surface area contributed by atoms with E-state index in [0.29, 0.717) is 6.42 Å². The Balaban J connectivity index is 2.48. The van der Waals surface area contributed by atoms with Crippen molar-refractivity contribution < 1.29 is 9.53 Å². The summed E-state index contributed by atoms with van der Waals surface area (Å²) in [6, 6.07) is 19.3. The van der Waals surface area contributed by atoms with Crippen LogP contribution in [0.1, 0.15) is 24.5 Å². The smallest absolute Gasteiger partial charge is 0.330 e. The largest absolute Gasteiger partial charge is 0.467 e. The Labute approximate surface area is 125 Å². The molecule has 0 aliphatic rings. The van der Waals surface area contributed by atoms with Gasteiger partial charge < -0.3 is 4.74 Å². The number of carbonyl (C=O) groups is 1. The average Bonchev–Trinajstić information content (AvgIpc) is 2.57. The van der Waals surface area contributed by atoms with Crippen LogP contribution in [0.15, 0.2) is 65.7 Å². The van der Waals surface area contributed by atoms with Gasteiger partial charge in [0.1, 0.15) is 6.04 Å². The summed E-state index contributed by atoms with van der Waals surface area (Å²) < 4.78 is 4.83. The van der Waals surface area contributed by atoms with E-state index in [1.54, 1.807) is 0 Å². The van der Waals surface area contributed by atoms with Gasteiger partial charge in [-0.3, -0.25) is 4.99 Å². The molecule has 2 rings (SSSR count). The maximum absolute atomic E-state index is 11.8. The van der Waals surface area contributed by atoms with Gasteiger partial charge in [-0.25, -0.2) is 4.79 Å². The highest BCUT2D eigenvalue weighted by molar-refractivity contribution is 6.13. The maximum Gasteiger partial charge on any atom is 0.330 e. The highest BCUT2D eigenvalue weighted by Gasteiger charge is 2.18. The zero-order chi connectivity index (χ0) is 15.1. The van der Waals surface area contributed by atoms with Crippen molar-refractivity contribution in [1.29, 1.82) is 0 Å². The van der Waals surface area contributed by atoms with Gasteiger partial charge in [-0.05, 0) is 6.42 Å². The molecule has 0 saturated heterocycles. The number of esters is 1. The van der Waals surface area contributed by atoms with Crippen LogP contribution in [0.5, 0.6) is 0 Å². The summed E-state index contributed by atoms with van der Waals surface area (Å²) in [6.45, 7) is 1.93. The Kier molecular flexibility index (Phi) is 5.27. The molecular formula is C18H19NO2. The van der Waals surface area contributed by atoms with Gasteiger partial charge in [0.15, 0.2) is 0 Å². The topological polar surface area (TPSA) is 38.7 Å². The molecule has 1 atom stereocenters. The Hall–Kier alpha value is -2.42. The van der Waals surface area contributed by atoms with E-state index < -0.39 is 6.04 Å². The standard InChI is InChI=1S/C18H19NO2/c1-3-16(18(20)21-2)19-17(14-10-6-4-7-11-14)15-12-8-5-9-13-15/h4-13,16H,3H2,1-2H3. The monoisotopic (exact) mass is 281 g/mol. The van der Waals surface area contributed by atoms with Crippen LogP contribution in [0.25, 0.3) is 0 Å². The molecule has 0 saturated carbocycles. The second-order valence-corrected chi connectivity index (χ2v) is 4.66. The molecule has 2 aromatic carbocycles. The van der Waals surface area contributed by atoms with Crippen molar-refractivity contribution in [2.75, 3.05) is 7.11 Å². The van der Waals surface area contributed by atoms with Crippen LogP contribution < -0.4 is 0 Å². The Morgan fingerprint density at radius 3 is 1.86 bits per heavy atom. The van der Waals surface area contributed by atoms with Crippen LogP contribution in [-0.4, -0.2) is 24.8 Å². The molecular weight excluding hydrogens is 262 g/mol. The molecule has 2 aromatic rings. The van der Waals surface area contributed by atoms with Crippen molar-refractivity contribution in [3.8, 4) is 0 Å². The van der Waals surface area contributed by atoms with Crippen molar-refractivity contribution >= 4 is 11.7 Å². The molecule has 0 N–H and O–H groups in total. The summed E-state index contributed by atoms with van der Waals surface area (Å²) in [4.78, 5) is 16.5. The van der Waals surface area contributed by atoms with Crippen LogP contribution in [0.2, 0.25) is 0 Å². The highest BCUT2D eigenvalue weighted by atomic mass is 16.5. The molecule has 0 bridgehead atoms. The van der Waals surface area contributed by atoms with Crippen LogP contribution >= 0.6 is 0 Å². The van der Waals surface area contributed by atoms with E-state index in [0.717, 1.165) is 16.8 Å². The normalized spacial score (nSPS) is 11.5. The fraction of sp³-hybridized carbons (Fsp3) is 0.222. The first-order valence-corrected chi connectivity index (χ1v) is 7.02. The van der Waals surface area contributed by atoms with Crippen LogP contribution in [0, 0.1) is 0 Å². The summed E-state index contributed by atoms with van der Waals surface area (Å²) in [5.74, 6) is -0.304. The third kappa shape index (κ3) is 3.78. The lowest BCUT2D eigenvalue weighted by molar-refractivity contribution is -0.142. The summed E-state index contributed by atoms with van der Waals surface area (Å²) in [5.41, 5.74) is 2.80. The lowest BCUT2D eigenvalue weighted by Crippen LogP contribution is -2.21. The van der Waals surface area contributed by atoms with Crippen LogP contribution in [0.3, 0.4) is 0 Å². The molecule has 21 heavy (non-hydrogen) atoms. The van der Waals surface area contributed by atoms with Crippen molar-refractivity contribution in [2.45, 2.75) is 19.4 Å². The quantitative estimate of drug-likeness (QED) is 0.621. The minimum atomic E-state index is -0.481. The zero-order valence-electron chi connectivity index (χ0n) is 12.3. The van der Waals surface area contributed by atoms with E-state index in [1.165, 1.54) is 7.11 Å². The third-order valence-corrected chi connectivity index (χ3v) is 3.24. The highest BCUT2D eigenvalue weighted by Crippen LogP contribution is 2.13. The molecule has 0 spiro atoms. The summed E-state index contributed by atoms with van der Waals surface area (Å²) >= 11 is 0. The molecule has 3 heteroatoms. The van der Waals surface area contributed by atoms with Crippen LogP contribution in [-0.2, 0) is 9.53 Å². The minimum absolute atomic E-state index is 0.304. The molecule has 0 radical (unpaired) electrons. The molecule has 3 nitrogen and oxygen atoms in total. The van der Waals surface area contributed by atoms with Crippen LogP contribution in [0.4, 0.5) is 0 Å². The van der Waals surface area contributed by atoms with Crippen molar-refractivity contribution in [2.24, 2.45) is 4.99 Å². The molecule has 0 aromatic heterocycles. The predicted molar refractivity (Wildman–Crippen MR) is 84.6 cm³/mol. The summed E-state index contributed by atoms with van der Waals surface area (Å²) in [6.07, 6.45) is 0.607. The van der Waals surface area contributed by atoms with Gasteiger partial charge in [0.2, 0.25) is 0 Å². The molecule has 1 unspecified atom stereocenters. The second kappa shape index (κ2) is 7.39. The number of benzene rings is 2. The first-order valence-electron chi connectivity index (χ1n) is 7.02. The number of rotatable bonds is 5.